The van der Waals surface area contributed by atoms with Crippen molar-refractivity contribution in [2.75, 3.05) is 11.5 Å². The number of anilines is 2. The van der Waals surface area contributed by atoms with Crippen molar-refractivity contribution in [3.8, 4) is 17.4 Å². The van der Waals surface area contributed by atoms with Crippen LogP contribution in [0.4, 0.5) is 11.5 Å². The van der Waals surface area contributed by atoms with E-state index in [2.05, 4.69) is 4.98 Å². The van der Waals surface area contributed by atoms with Gasteiger partial charge in [0.25, 0.3) is 0 Å². The fourth-order valence-corrected chi connectivity index (χ4v) is 3.06. The molecule has 0 aliphatic carbocycles. The van der Waals surface area contributed by atoms with Crippen LogP contribution in [0, 0.1) is 11.3 Å². The number of hydrogen-bond donors (Lipinski definition) is 3. The van der Waals surface area contributed by atoms with Crippen molar-refractivity contribution < 1.29 is 14.3 Å². The Bertz CT molecular complexity index is 906. The number of aromatic carboxylic acids is 1. The average molecular weight is 300 g/mol. The molecular formula is C13H8N4O3S. The average Bonchev–Trinajstić information content (AvgIpc) is 3.06. The first-order valence-electron chi connectivity index (χ1n) is 5.73. The molecule has 0 aliphatic heterocycles. The number of nitrogens with zero attached hydrogens (tertiary/aromatic N) is 2. The largest absolute Gasteiger partial charge is 0.477 e. The van der Waals surface area contributed by atoms with E-state index in [1.807, 2.05) is 6.07 Å². The van der Waals surface area contributed by atoms with Gasteiger partial charge in [-0.3, -0.25) is 0 Å². The smallest absolute Gasteiger partial charge is 0.348 e. The number of carbonyl (C=O) groups is 1. The monoisotopic (exact) mass is 300 g/mol. The molecule has 7 nitrogen and oxygen atoms in total. The number of rotatable bonds is 2. The van der Waals surface area contributed by atoms with Crippen LogP contribution in [0.25, 0.3) is 21.5 Å². The first-order valence-corrected chi connectivity index (χ1v) is 6.55. The molecule has 104 valence electrons. The summed E-state index contributed by atoms with van der Waals surface area (Å²) in [5.74, 6) is -0.764. The summed E-state index contributed by atoms with van der Waals surface area (Å²) in [4.78, 5) is 15.6. The highest BCUT2D eigenvalue weighted by atomic mass is 32.1. The fraction of sp³-hybridized carbons (Fsp3) is 0. The van der Waals surface area contributed by atoms with Crippen LogP contribution in [-0.2, 0) is 0 Å². The van der Waals surface area contributed by atoms with Crippen LogP contribution in [0.5, 0.6) is 0 Å². The van der Waals surface area contributed by atoms with E-state index in [0.29, 0.717) is 21.5 Å². The Hall–Kier alpha value is -3.05. The number of hydrogen-bond acceptors (Lipinski definition) is 7. The topological polar surface area (TPSA) is 139 Å². The predicted molar refractivity (Wildman–Crippen MR) is 77.8 cm³/mol. The van der Waals surface area contributed by atoms with Crippen LogP contribution in [0.1, 0.15) is 15.2 Å². The van der Waals surface area contributed by atoms with Crippen molar-refractivity contribution in [2.45, 2.75) is 0 Å². The van der Waals surface area contributed by atoms with Gasteiger partial charge in [0.1, 0.15) is 32.9 Å². The summed E-state index contributed by atoms with van der Waals surface area (Å²) in [6.07, 6.45) is 1.44. The lowest BCUT2D eigenvalue weighted by atomic mass is 10.0. The number of nitriles is 1. The second-order valence-electron chi connectivity index (χ2n) is 4.17. The Labute approximate surface area is 122 Å². The summed E-state index contributed by atoms with van der Waals surface area (Å²) in [6, 6.07) is 5.26. The molecule has 0 radical (unpaired) electrons. The van der Waals surface area contributed by atoms with Crippen molar-refractivity contribution in [2.24, 2.45) is 0 Å². The lowest BCUT2D eigenvalue weighted by Gasteiger charge is -2.06. The number of nitrogen functional groups attached to an aromatic ring is 2. The van der Waals surface area contributed by atoms with Gasteiger partial charge in [0.15, 0.2) is 0 Å². The van der Waals surface area contributed by atoms with E-state index < -0.39 is 5.97 Å². The molecule has 5 N–H and O–H groups in total. The Kier molecular flexibility index (Phi) is 2.78. The minimum absolute atomic E-state index is 0.00888. The molecule has 0 saturated carbocycles. The summed E-state index contributed by atoms with van der Waals surface area (Å²) in [5, 5.41) is 18.8. The van der Waals surface area contributed by atoms with Crippen LogP contribution in [0.2, 0.25) is 0 Å². The summed E-state index contributed by atoms with van der Waals surface area (Å²) in [7, 11) is 0. The minimum Gasteiger partial charge on any atom is -0.477 e. The summed E-state index contributed by atoms with van der Waals surface area (Å²) >= 11 is 0.910. The number of carboxylic acids is 1. The van der Waals surface area contributed by atoms with Crippen LogP contribution in [-0.4, -0.2) is 16.1 Å². The van der Waals surface area contributed by atoms with Gasteiger partial charge in [-0.2, -0.15) is 5.26 Å². The molecule has 0 atom stereocenters. The first-order chi connectivity index (χ1) is 10.0. The second-order valence-corrected chi connectivity index (χ2v) is 5.17. The Morgan fingerprint density at radius 2 is 2.24 bits per heavy atom. The Morgan fingerprint density at radius 3 is 2.81 bits per heavy atom. The molecule has 3 aromatic heterocycles. The van der Waals surface area contributed by atoms with Gasteiger partial charge in [0.2, 0.25) is 0 Å². The van der Waals surface area contributed by atoms with Gasteiger partial charge in [-0.25, -0.2) is 9.78 Å². The zero-order valence-corrected chi connectivity index (χ0v) is 11.3. The van der Waals surface area contributed by atoms with Crippen molar-refractivity contribution >= 4 is 39.0 Å². The van der Waals surface area contributed by atoms with Gasteiger partial charge in [0.05, 0.1) is 17.5 Å². The van der Waals surface area contributed by atoms with Crippen LogP contribution < -0.4 is 11.5 Å². The van der Waals surface area contributed by atoms with E-state index >= 15 is 0 Å². The zero-order valence-electron chi connectivity index (χ0n) is 10.5. The number of thiophene rings is 1. The van der Waals surface area contributed by atoms with Gasteiger partial charge in [-0.05, 0) is 12.1 Å². The summed E-state index contributed by atoms with van der Waals surface area (Å²) < 4.78 is 5.32. The standard InChI is InChI=1S/C13H8N4O3S/c14-4-5-7(6-2-1-3-20-6)8-9(15)10(13(18)19)21-12(8)17-11(5)16/h1-3H,15H2,(H2,16,17)(H,18,19). The van der Waals surface area contributed by atoms with Crippen molar-refractivity contribution in [1.29, 1.82) is 5.26 Å². The fourth-order valence-electron chi connectivity index (χ4n) is 2.11. The maximum Gasteiger partial charge on any atom is 0.348 e. The highest BCUT2D eigenvalue weighted by molar-refractivity contribution is 7.21. The number of furan rings is 1. The van der Waals surface area contributed by atoms with Gasteiger partial charge in [-0.15, -0.1) is 11.3 Å². The van der Waals surface area contributed by atoms with Crippen molar-refractivity contribution in [1.82, 2.24) is 4.98 Å². The Balaban J connectivity index is 2.52. The van der Waals surface area contributed by atoms with Gasteiger partial charge in [0, 0.05) is 5.39 Å². The van der Waals surface area contributed by atoms with Crippen LogP contribution in [0.15, 0.2) is 22.8 Å². The molecule has 0 unspecified atom stereocenters. The molecule has 0 aliphatic rings. The molecule has 0 amide bonds. The van der Waals surface area contributed by atoms with Gasteiger partial charge >= 0.3 is 5.97 Å². The molecule has 21 heavy (non-hydrogen) atoms. The highest BCUT2D eigenvalue weighted by Gasteiger charge is 2.24. The molecule has 0 spiro atoms. The van der Waals surface area contributed by atoms with E-state index in [0.717, 1.165) is 11.3 Å². The quantitative estimate of drug-likeness (QED) is 0.659. The van der Waals surface area contributed by atoms with Gasteiger partial charge < -0.3 is 21.0 Å². The third-order valence-electron chi connectivity index (χ3n) is 2.98. The maximum atomic E-state index is 11.2. The Morgan fingerprint density at radius 1 is 1.48 bits per heavy atom. The first kappa shape index (κ1) is 13.0. The second kappa shape index (κ2) is 4.50. The predicted octanol–water partition coefficient (Wildman–Crippen LogP) is 2.29. The molecular weight excluding hydrogens is 292 g/mol. The minimum atomic E-state index is -1.15. The molecule has 0 fully saturated rings. The summed E-state index contributed by atoms with van der Waals surface area (Å²) in [6.45, 7) is 0. The molecule has 0 saturated heterocycles. The van der Waals surface area contributed by atoms with Crippen molar-refractivity contribution in [3.05, 3.63) is 28.8 Å². The number of fused-ring (bicyclic) bond motifs is 1. The van der Waals surface area contributed by atoms with Gasteiger partial charge in [-0.1, -0.05) is 0 Å². The summed E-state index contributed by atoms with van der Waals surface area (Å²) in [5.41, 5.74) is 12.2. The number of pyridine rings is 1. The van der Waals surface area contributed by atoms with E-state index in [-0.39, 0.29) is 21.9 Å². The van der Waals surface area contributed by atoms with E-state index in [1.165, 1.54) is 6.26 Å². The molecule has 0 bridgehead atoms. The third-order valence-corrected chi connectivity index (χ3v) is 4.07. The van der Waals surface area contributed by atoms with E-state index in [4.69, 9.17) is 21.0 Å². The van der Waals surface area contributed by atoms with Crippen molar-refractivity contribution in [3.63, 3.8) is 0 Å². The SMILES string of the molecule is N#Cc1c(N)nc2sc(C(=O)O)c(N)c2c1-c1ccco1. The molecule has 8 heteroatoms. The zero-order chi connectivity index (χ0) is 15.1. The number of nitrogens with two attached hydrogens (primary N) is 2. The molecule has 0 aromatic carbocycles. The molecule has 3 heterocycles. The molecule has 3 rings (SSSR count). The van der Waals surface area contributed by atoms with Crippen LogP contribution in [0.3, 0.4) is 0 Å². The third kappa shape index (κ3) is 1.79. The lowest BCUT2D eigenvalue weighted by molar-refractivity contribution is 0.0703. The van der Waals surface area contributed by atoms with Crippen LogP contribution >= 0.6 is 11.3 Å². The number of aromatic nitrogens is 1. The van der Waals surface area contributed by atoms with E-state index in [9.17, 15) is 10.1 Å². The lowest BCUT2D eigenvalue weighted by Crippen LogP contribution is -2.00. The normalized spacial score (nSPS) is 10.6. The molecule has 3 aromatic rings. The highest BCUT2D eigenvalue weighted by Crippen LogP contribution is 2.42. The van der Waals surface area contributed by atoms with E-state index in [1.54, 1.807) is 12.1 Å². The number of carboxylic acid groups (broad SMARTS) is 1. The maximum absolute atomic E-state index is 11.2.